The van der Waals surface area contributed by atoms with E-state index in [9.17, 15) is 9.90 Å². The molecule has 0 unspecified atom stereocenters. The number of rotatable bonds is 4. The van der Waals surface area contributed by atoms with Crippen molar-refractivity contribution in [3.63, 3.8) is 0 Å². The van der Waals surface area contributed by atoms with Crippen molar-refractivity contribution in [3.05, 3.63) is 70.0 Å². The van der Waals surface area contributed by atoms with E-state index in [-0.39, 0.29) is 4.88 Å². The Morgan fingerprint density at radius 3 is 2.59 bits per heavy atom. The van der Waals surface area contributed by atoms with E-state index < -0.39 is 5.97 Å². The van der Waals surface area contributed by atoms with Gasteiger partial charge in [-0.3, -0.25) is 0 Å². The molecule has 0 atom stereocenters. The number of aromatic carboxylic acids is 1. The van der Waals surface area contributed by atoms with Crippen LogP contribution < -0.4 is 5.73 Å². The SMILES string of the molecule is Nc1cccc(-c2nc(Cc3ccccc3)sc2C(=O)O)c1. The van der Waals surface area contributed by atoms with Crippen LogP contribution in [0.1, 0.15) is 20.2 Å². The molecule has 0 fully saturated rings. The third-order valence-corrected chi connectivity index (χ3v) is 4.27. The van der Waals surface area contributed by atoms with Crippen molar-refractivity contribution in [1.82, 2.24) is 4.98 Å². The minimum atomic E-state index is -0.964. The van der Waals surface area contributed by atoms with Crippen LogP contribution in [0.3, 0.4) is 0 Å². The molecule has 0 bridgehead atoms. The topological polar surface area (TPSA) is 76.2 Å². The zero-order valence-electron chi connectivity index (χ0n) is 11.7. The van der Waals surface area contributed by atoms with Crippen LogP contribution in [-0.2, 0) is 6.42 Å². The molecule has 0 aliphatic carbocycles. The Bertz CT molecular complexity index is 813. The number of nitrogen functional groups attached to an aromatic ring is 1. The molecular weight excluding hydrogens is 296 g/mol. The Balaban J connectivity index is 2.01. The van der Waals surface area contributed by atoms with E-state index in [4.69, 9.17) is 5.73 Å². The largest absolute Gasteiger partial charge is 0.477 e. The van der Waals surface area contributed by atoms with Gasteiger partial charge in [0.15, 0.2) is 0 Å². The second-order valence-corrected chi connectivity index (χ2v) is 5.96. The first-order valence-corrected chi connectivity index (χ1v) is 7.58. The molecule has 1 heterocycles. The number of hydrogen-bond acceptors (Lipinski definition) is 4. The molecule has 2 aromatic carbocycles. The fraction of sp³-hybridized carbons (Fsp3) is 0.0588. The van der Waals surface area contributed by atoms with Gasteiger partial charge in [0.1, 0.15) is 4.88 Å². The maximum absolute atomic E-state index is 11.5. The summed E-state index contributed by atoms with van der Waals surface area (Å²) in [5, 5.41) is 10.2. The first-order valence-electron chi connectivity index (χ1n) is 6.76. The molecule has 0 amide bonds. The van der Waals surface area contributed by atoms with E-state index in [1.807, 2.05) is 36.4 Å². The van der Waals surface area contributed by atoms with Gasteiger partial charge in [0.25, 0.3) is 0 Å². The first kappa shape index (κ1) is 14.3. The smallest absolute Gasteiger partial charge is 0.348 e. The second-order valence-electron chi connectivity index (χ2n) is 4.88. The quantitative estimate of drug-likeness (QED) is 0.721. The van der Waals surface area contributed by atoms with Crippen LogP contribution in [0.15, 0.2) is 54.6 Å². The highest BCUT2D eigenvalue weighted by Crippen LogP contribution is 2.30. The van der Waals surface area contributed by atoms with Gasteiger partial charge in [-0.25, -0.2) is 9.78 Å². The van der Waals surface area contributed by atoms with Gasteiger partial charge >= 0.3 is 5.97 Å². The van der Waals surface area contributed by atoms with Crippen LogP contribution in [0.25, 0.3) is 11.3 Å². The van der Waals surface area contributed by atoms with E-state index in [1.165, 1.54) is 11.3 Å². The zero-order chi connectivity index (χ0) is 15.5. The molecule has 0 aliphatic heterocycles. The van der Waals surface area contributed by atoms with Crippen LogP contribution >= 0.6 is 11.3 Å². The lowest BCUT2D eigenvalue weighted by Gasteiger charge is -2.00. The van der Waals surface area contributed by atoms with Crippen LogP contribution in [0.2, 0.25) is 0 Å². The van der Waals surface area contributed by atoms with Gasteiger partial charge in [0.05, 0.1) is 10.7 Å². The lowest BCUT2D eigenvalue weighted by atomic mass is 10.1. The highest BCUT2D eigenvalue weighted by molar-refractivity contribution is 7.14. The fourth-order valence-corrected chi connectivity index (χ4v) is 3.20. The molecule has 110 valence electrons. The predicted molar refractivity (Wildman–Crippen MR) is 88.2 cm³/mol. The van der Waals surface area contributed by atoms with Crippen LogP contribution in [0.5, 0.6) is 0 Å². The minimum Gasteiger partial charge on any atom is -0.477 e. The molecule has 3 aromatic rings. The normalized spacial score (nSPS) is 10.5. The molecule has 1 aromatic heterocycles. The van der Waals surface area contributed by atoms with Crippen molar-refractivity contribution in [1.29, 1.82) is 0 Å². The number of carboxylic acids is 1. The summed E-state index contributed by atoms with van der Waals surface area (Å²) < 4.78 is 0. The third-order valence-electron chi connectivity index (χ3n) is 3.22. The van der Waals surface area contributed by atoms with E-state index in [1.54, 1.807) is 18.2 Å². The van der Waals surface area contributed by atoms with Crippen LogP contribution in [0, 0.1) is 0 Å². The number of nitrogens with zero attached hydrogens (tertiary/aromatic N) is 1. The number of carbonyl (C=O) groups is 1. The highest BCUT2D eigenvalue weighted by atomic mass is 32.1. The number of aromatic nitrogens is 1. The van der Waals surface area contributed by atoms with Crippen molar-refractivity contribution in [3.8, 4) is 11.3 Å². The number of thiazole rings is 1. The van der Waals surface area contributed by atoms with E-state index >= 15 is 0 Å². The second kappa shape index (κ2) is 5.99. The lowest BCUT2D eigenvalue weighted by Crippen LogP contribution is -1.96. The van der Waals surface area contributed by atoms with Crippen molar-refractivity contribution in [2.75, 3.05) is 5.73 Å². The van der Waals surface area contributed by atoms with Gasteiger partial charge in [-0.2, -0.15) is 0 Å². The third kappa shape index (κ3) is 2.99. The predicted octanol–water partition coefficient (Wildman–Crippen LogP) is 3.68. The molecule has 0 aliphatic rings. The monoisotopic (exact) mass is 310 g/mol. The van der Waals surface area contributed by atoms with Gasteiger partial charge < -0.3 is 10.8 Å². The summed E-state index contributed by atoms with van der Waals surface area (Å²) in [6.45, 7) is 0. The van der Waals surface area contributed by atoms with E-state index in [0.29, 0.717) is 17.8 Å². The molecule has 3 N–H and O–H groups in total. The van der Waals surface area contributed by atoms with Crippen molar-refractivity contribution in [2.24, 2.45) is 0 Å². The van der Waals surface area contributed by atoms with Crippen molar-refractivity contribution >= 4 is 23.0 Å². The van der Waals surface area contributed by atoms with E-state index in [0.717, 1.165) is 16.1 Å². The average molecular weight is 310 g/mol. The van der Waals surface area contributed by atoms with Crippen molar-refractivity contribution < 1.29 is 9.90 Å². The molecule has 22 heavy (non-hydrogen) atoms. The molecular formula is C17H14N2O2S. The zero-order valence-corrected chi connectivity index (χ0v) is 12.5. The fourth-order valence-electron chi connectivity index (χ4n) is 2.24. The maximum atomic E-state index is 11.5. The Labute approximate surface area is 131 Å². The Morgan fingerprint density at radius 1 is 1.14 bits per heavy atom. The van der Waals surface area contributed by atoms with Gasteiger partial charge in [-0.15, -0.1) is 11.3 Å². The summed E-state index contributed by atoms with van der Waals surface area (Å²) in [5.74, 6) is -0.964. The van der Waals surface area contributed by atoms with Gasteiger partial charge in [-0.1, -0.05) is 42.5 Å². The Morgan fingerprint density at radius 2 is 1.91 bits per heavy atom. The molecule has 5 heteroatoms. The number of benzene rings is 2. The van der Waals surface area contributed by atoms with Crippen molar-refractivity contribution in [2.45, 2.75) is 6.42 Å². The standard InChI is InChI=1S/C17H14N2O2S/c18-13-8-4-7-12(10-13)15-16(17(20)21)22-14(19-15)9-11-5-2-1-3-6-11/h1-8,10H,9,18H2,(H,20,21). The molecule has 0 spiro atoms. The van der Waals surface area contributed by atoms with E-state index in [2.05, 4.69) is 4.98 Å². The number of hydrogen-bond donors (Lipinski definition) is 2. The first-order chi connectivity index (χ1) is 10.6. The summed E-state index contributed by atoms with van der Waals surface area (Å²) in [5.41, 5.74) is 8.69. The summed E-state index contributed by atoms with van der Waals surface area (Å²) in [6, 6.07) is 17.0. The van der Waals surface area contributed by atoms with Gasteiger partial charge in [0.2, 0.25) is 0 Å². The molecule has 4 nitrogen and oxygen atoms in total. The summed E-state index contributed by atoms with van der Waals surface area (Å²) in [6.07, 6.45) is 0.619. The molecule has 3 rings (SSSR count). The maximum Gasteiger partial charge on any atom is 0.348 e. The molecule has 0 saturated heterocycles. The number of nitrogens with two attached hydrogens (primary N) is 1. The molecule has 0 radical (unpaired) electrons. The summed E-state index contributed by atoms with van der Waals surface area (Å²) in [4.78, 5) is 16.3. The van der Waals surface area contributed by atoms with Crippen LogP contribution in [0.4, 0.5) is 5.69 Å². The minimum absolute atomic E-state index is 0.247. The van der Waals surface area contributed by atoms with Gasteiger partial charge in [-0.05, 0) is 17.7 Å². The highest BCUT2D eigenvalue weighted by Gasteiger charge is 2.19. The number of carboxylic acid groups (broad SMARTS) is 1. The molecule has 0 saturated carbocycles. The Hall–Kier alpha value is -2.66. The Kier molecular flexibility index (Phi) is 3.89. The summed E-state index contributed by atoms with van der Waals surface area (Å²) in [7, 11) is 0. The van der Waals surface area contributed by atoms with Crippen LogP contribution in [-0.4, -0.2) is 16.1 Å². The summed E-state index contributed by atoms with van der Waals surface area (Å²) >= 11 is 1.21. The average Bonchev–Trinajstić information content (AvgIpc) is 2.92. The number of anilines is 1. The van der Waals surface area contributed by atoms with Gasteiger partial charge in [0, 0.05) is 17.7 Å². The lowest BCUT2D eigenvalue weighted by molar-refractivity contribution is 0.0702.